The topological polar surface area (TPSA) is 115 Å². The molecular formula is C14H12N4O4. The van der Waals surface area contributed by atoms with Gasteiger partial charge in [-0.05, 0) is 12.1 Å². The number of anilines is 2. The number of nitrogens with one attached hydrogen (secondary N) is 3. The number of hydrogen-bond acceptors (Lipinski definition) is 5. The Bertz CT molecular complexity index is 840. The molecule has 1 aliphatic rings. The molecule has 0 aliphatic carbocycles. The van der Waals surface area contributed by atoms with Gasteiger partial charge in [-0.25, -0.2) is 9.69 Å². The van der Waals surface area contributed by atoms with E-state index in [-0.39, 0.29) is 18.0 Å². The minimum atomic E-state index is -0.847. The van der Waals surface area contributed by atoms with Crippen molar-refractivity contribution in [2.24, 2.45) is 0 Å². The predicted octanol–water partition coefficient (Wildman–Crippen LogP) is -0.193. The van der Waals surface area contributed by atoms with Gasteiger partial charge in [0.1, 0.15) is 11.7 Å². The van der Waals surface area contributed by atoms with Crippen molar-refractivity contribution < 1.29 is 9.59 Å². The summed E-state index contributed by atoms with van der Waals surface area (Å²) in [6, 6.07) is 7.70. The maximum Gasteiger partial charge on any atom is 0.325 e. The van der Waals surface area contributed by atoms with Crippen LogP contribution in [0.4, 0.5) is 11.4 Å². The van der Waals surface area contributed by atoms with Crippen LogP contribution in [0, 0.1) is 0 Å². The van der Waals surface area contributed by atoms with Crippen molar-refractivity contribution in [2.75, 3.05) is 10.2 Å². The van der Waals surface area contributed by atoms with Crippen molar-refractivity contribution in [3.8, 4) is 0 Å². The molecule has 2 aromatic rings. The maximum absolute atomic E-state index is 12.4. The van der Waals surface area contributed by atoms with Gasteiger partial charge in [0.25, 0.3) is 11.5 Å². The van der Waals surface area contributed by atoms with Gasteiger partial charge < -0.3 is 10.3 Å². The molecule has 3 N–H and O–H groups in total. The number of carbonyl (C=O) groups excluding carboxylic acids is 2. The van der Waals surface area contributed by atoms with E-state index in [4.69, 9.17) is 0 Å². The van der Waals surface area contributed by atoms with Crippen LogP contribution >= 0.6 is 0 Å². The fraction of sp³-hybridized carbons (Fsp3) is 0.143. The fourth-order valence-corrected chi connectivity index (χ4v) is 2.30. The second-order valence-electron chi connectivity index (χ2n) is 4.79. The summed E-state index contributed by atoms with van der Waals surface area (Å²) in [4.78, 5) is 52.4. The van der Waals surface area contributed by atoms with Gasteiger partial charge in [-0.2, -0.15) is 0 Å². The number of carbonyl (C=O) groups is 2. The second-order valence-corrected chi connectivity index (χ2v) is 4.79. The number of para-hydroxylation sites is 1. The Morgan fingerprint density at radius 3 is 2.50 bits per heavy atom. The predicted molar refractivity (Wildman–Crippen MR) is 78.6 cm³/mol. The second kappa shape index (κ2) is 5.32. The number of amides is 2. The van der Waals surface area contributed by atoms with Crippen molar-refractivity contribution >= 4 is 23.2 Å². The first kappa shape index (κ1) is 13.8. The molecule has 112 valence electrons. The standard InChI is InChI=1S/C14H12N4O4/c19-11-6-9(16-10-7-15-14(22)17-12(10)20)13(21)18(11)8-4-2-1-3-5-8/h1-5,7,9,16H,6H2,(H2,15,17,20,22)/t9-/m0/s1. The first-order valence-corrected chi connectivity index (χ1v) is 6.56. The third kappa shape index (κ3) is 2.41. The molecule has 8 heteroatoms. The molecule has 0 saturated carbocycles. The molecule has 0 radical (unpaired) electrons. The van der Waals surface area contributed by atoms with Gasteiger partial charge in [-0.3, -0.25) is 19.4 Å². The zero-order valence-electron chi connectivity index (χ0n) is 11.3. The first-order chi connectivity index (χ1) is 10.6. The summed E-state index contributed by atoms with van der Waals surface area (Å²) in [5, 5.41) is 2.69. The van der Waals surface area contributed by atoms with Gasteiger partial charge in [0.05, 0.1) is 12.1 Å². The molecule has 1 aromatic carbocycles. The smallest absolute Gasteiger partial charge is 0.325 e. The Hall–Kier alpha value is -3.16. The summed E-state index contributed by atoms with van der Waals surface area (Å²) in [5.41, 5.74) is -0.782. The lowest BCUT2D eigenvalue weighted by Gasteiger charge is -2.15. The lowest BCUT2D eigenvalue weighted by molar-refractivity contribution is -0.121. The number of benzene rings is 1. The van der Waals surface area contributed by atoms with Gasteiger partial charge >= 0.3 is 5.69 Å². The monoisotopic (exact) mass is 300 g/mol. The minimum absolute atomic E-state index is 0.0284. The Morgan fingerprint density at radius 2 is 1.82 bits per heavy atom. The summed E-state index contributed by atoms with van der Waals surface area (Å²) in [6.45, 7) is 0. The molecule has 22 heavy (non-hydrogen) atoms. The van der Waals surface area contributed by atoms with Gasteiger partial charge in [0, 0.05) is 6.20 Å². The SMILES string of the molecule is O=C1C[C@H](Nc2c[nH]c(=O)[nH]c2=O)C(=O)N1c1ccccc1. The van der Waals surface area contributed by atoms with Gasteiger partial charge in [-0.1, -0.05) is 18.2 Å². The van der Waals surface area contributed by atoms with Gasteiger partial charge in [0.15, 0.2) is 0 Å². The minimum Gasteiger partial charge on any atom is -0.368 e. The molecule has 3 rings (SSSR count). The van der Waals surface area contributed by atoms with E-state index in [1.807, 2.05) is 4.98 Å². The van der Waals surface area contributed by atoms with Crippen LogP contribution in [0.15, 0.2) is 46.1 Å². The van der Waals surface area contributed by atoms with E-state index in [2.05, 4.69) is 10.3 Å². The molecule has 1 saturated heterocycles. The molecule has 0 bridgehead atoms. The molecule has 1 aliphatic heterocycles. The molecule has 1 fully saturated rings. The maximum atomic E-state index is 12.4. The number of rotatable bonds is 3. The number of nitrogens with zero attached hydrogens (tertiary/aromatic N) is 1. The average molecular weight is 300 g/mol. The van der Waals surface area contributed by atoms with Crippen molar-refractivity contribution in [1.29, 1.82) is 0 Å². The Labute approximate surface area is 123 Å². The van der Waals surface area contributed by atoms with E-state index in [0.717, 1.165) is 4.90 Å². The Kier molecular flexibility index (Phi) is 3.34. The summed E-state index contributed by atoms with van der Waals surface area (Å²) in [7, 11) is 0. The third-order valence-corrected chi connectivity index (χ3v) is 3.31. The molecule has 2 amide bonds. The molecule has 8 nitrogen and oxygen atoms in total. The van der Waals surface area contributed by atoms with E-state index < -0.39 is 23.2 Å². The lowest BCUT2D eigenvalue weighted by atomic mass is 10.2. The Morgan fingerprint density at radius 1 is 1.09 bits per heavy atom. The van der Waals surface area contributed by atoms with E-state index in [0.29, 0.717) is 5.69 Å². The summed E-state index contributed by atoms with van der Waals surface area (Å²) < 4.78 is 0. The number of aromatic nitrogens is 2. The van der Waals surface area contributed by atoms with Gasteiger partial charge in [-0.15, -0.1) is 0 Å². The van der Waals surface area contributed by atoms with Crippen LogP contribution < -0.4 is 21.5 Å². The van der Waals surface area contributed by atoms with Crippen LogP contribution in [0.5, 0.6) is 0 Å². The van der Waals surface area contributed by atoms with Crippen LogP contribution in [0.1, 0.15) is 6.42 Å². The number of aromatic amines is 2. The summed E-state index contributed by atoms with van der Waals surface area (Å²) in [5.74, 6) is -0.795. The molecule has 2 heterocycles. The van der Waals surface area contributed by atoms with Crippen molar-refractivity contribution in [1.82, 2.24) is 9.97 Å². The average Bonchev–Trinajstić information content (AvgIpc) is 2.77. The van der Waals surface area contributed by atoms with E-state index in [1.54, 1.807) is 30.3 Å². The quantitative estimate of drug-likeness (QED) is 0.679. The molecule has 1 aromatic heterocycles. The zero-order chi connectivity index (χ0) is 15.7. The lowest BCUT2D eigenvalue weighted by Crippen LogP contribution is -2.36. The summed E-state index contributed by atoms with van der Waals surface area (Å²) in [6.07, 6.45) is 1.11. The Balaban J connectivity index is 1.85. The van der Waals surface area contributed by atoms with Crippen LogP contribution in [0.3, 0.4) is 0 Å². The molecule has 0 unspecified atom stereocenters. The van der Waals surface area contributed by atoms with Crippen LogP contribution in [-0.4, -0.2) is 27.8 Å². The van der Waals surface area contributed by atoms with E-state index in [1.165, 1.54) is 6.20 Å². The third-order valence-electron chi connectivity index (χ3n) is 3.31. The highest BCUT2D eigenvalue weighted by Gasteiger charge is 2.39. The van der Waals surface area contributed by atoms with E-state index in [9.17, 15) is 19.2 Å². The van der Waals surface area contributed by atoms with Crippen molar-refractivity contribution in [3.05, 3.63) is 57.4 Å². The van der Waals surface area contributed by atoms with Crippen molar-refractivity contribution in [3.63, 3.8) is 0 Å². The molecule has 1 atom stereocenters. The highest BCUT2D eigenvalue weighted by atomic mass is 16.2. The highest BCUT2D eigenvalue weighted by molar-refractivity contribution is 6.23. The van der Waals surface area contributed by atoms with Crippen molar-refractivity contribution in [2.45, 2.75) is 12.5 Å². The van der Waals surface area contributed by atoms with Gasteiger partial charge in [0.2, 0.25) is 5.91 Å². The largest absolute Gasteiger partial charge is 0.368 e. The number of H-pyrrole nitrogens is 2. The van der Waals surface area contributed by atoms with Crippen LogP contribution in [0.25, 0.3) is 0 Å². The molecular weight excluding hydrogens is 288 g/mol. The first-order valence-electron chi connectivity index (χ1n) is 6.56. The highest BCUT2D eigenvalue weighted by Crippen LogP contribution is 2.23. The fourth-order valence-electron chi connectivity index (χ4n) is 2.30. The number of hydrogen-bond donors (Lipinski definition) is 3. The summed E-state index contributed by atoms with van der Waals surface area (Å²) >= 11 is 0. The van der Waals surface area contributed by atoms with Crippen LogP contribution in [0.2, 0.25) is 0 Å². The molecule has 0 spiro atoms. The zero-order valence-corrected chi connectivity index (χ0v) is 11.3. The van der Waals surface area contributed by atoms with E-state index >= 15 is 0 Å². The van der Waals surface area contributed by atoms with Crippen LogP contribution in [-0.2, 0) is 9.59 Å². The normalized spacial score (nSPS) is 17.8. The number of imide groups is 1.